The van der Waals surface area contributed by atoms with Gasteiger partial charge in [-0.1, -0.05) is 11.3 Å². The zero-order valence-electron chi connectivity index (χ0n) is 9.51. The highest BCUT2D eigenvalue weighted by molar-refractivity contribution is 7.21. The molecule has 2 rings (SSSR count). The summed E-state index contributed by atoms with van der Waals surface area (Å²) in [6, 6.07) is 0. The minimum Gasteiger partial charge on any atom is -0.375 e. The number of methoxy groups -OCH3 is 2. The Morgan fingerprint density at radius 1 is 1.41 bits per heavy atom. The topological polar surface area (TPSA) is 95.2 Å². The SMILES string of the molecule is COC(CNc1ncc2nc(N)sc2n1)OC. The molecule has 2 aromatic rings. The molecule has 0 bridgehead atoms. The number of anilines is 2. The summed E-state index contributed by atoms with van der Waals surface area (Å²) in [5.74, 6) is 0.500. The predicted molar refractivity (Wildman–Crippen MR) is 65.9 cm³/mol. The molecule has 0 radical (unpaired) electrons. The van der Waals surface area contributed by atoms with E-state index in [1.165, 1.54) is 11.3 Å². The number of thiazole rings is 1. The van der Waals surface area contributed by atoms with E-state index in [1.807, 2.05) is 0 Å². The summed E-state index contributed by atoms with van der Waals surface area (Å²) in [6.07, 6.45) is 1.30. The normalized spacial score (nSPS) is 11.2. The van der Waals surface area contributed by atoms with Crippen LogP contribution in [0, 0.1) is 0 Å². The maximum absolute atomic E-state index is 5.59. The quantitative estimate of drug-likeness (QED) is 0.759. The fourth-order valence-electron chi connectivity index (χ4n) is 1.27. The molecule has 8 heteroatoms. The van der Waals surface area contributed by atoms with Gasteiger partial charge in [-0.25, -0.2) is 15.0 Å². The van der Waals surface area contributed by atoms with Crippen LogP contribution in [0.4, 0.5) is 11.1 Å². The van der Waals surface area contributed by atoms with Crippen LogP contribution < -0.4 is 11.1 Å². The van der Waals surface area contributed by atoms with E-state index in [9.17, 15) is 0 Å². The van der Waals surface area contributed by atoms with Gasteiger partial charge < -0.3 is 20.5 Å². The summed E-state index contributed by atoms with van der Waals surface area (Å²) in [5, 5.41) is 3.50. The van der Waals surface area contributed by atoms with Crippen LogP contribution in [-0.4, -0.2) is 42.0 Å². The van der Waals surface area contributed by atoms with Crippen molar-refractivity contribution in [1.29, 1.82) is 0 Å². The Morgan fingerprint density at radius 3 is 2.88 bits per heavy atom. The van der Waals surface area contributed by atoms with Gasteiger partial charge in [0.05, 0.1) is 12.7 Å². The van der Waals surface area contributed by atoms with Crippen LogP contribution in [0.3, 0.4) is 0 Å². The number of ether oxygens (including phenoxy) is 2. The Labute approximate surface area is 102 Å². The molecule has 0 aliphatic heterocycles. The number of nitrogen functional groups attached to an aromatic ring is 1. The summed E-state index contributed by atoms with van der Waals surface area (Å²) in [7, 11) is 3.15. The second-order valence-electron chi connectivity index (χ2n) is 3.22. The molecular formula is C9H13N5O2S. The van der Waals surface area contributed by atoms with Crippen molar-refractivity contribution in [3.8, 4) is 0 Å². The highest BCUT2D eigenvalue weighted by Crippen LogP contribution is 2.21. The minimum absolute atomic E-state index is 0.333. The van der Waals surface area contributed by atoms with Crippen molar-refractivity contribution in [1.82, 2.24) is 15.0 Å². The van der Waals surface area contributed by atoms with Crippen LogP contribution in [0.2, 0.25) is 0 Å². The van der Waals surface area contributed by atoms with Gasteiger partial charge in [0.15, 0.2) is 16.3 Å². The van der Waals surface area contributed by atoms with Crippen molar-refractivity contribution >= 4 is 32.8 Å². The Bertz CT molecular complexity index is 499. The van der Waals surface area contributed by atoms with Crippen LogP contribution in [0.1, 0.15) is 0 Å². The lowest BCUT2D eigenvalue weighted by molar-refractivity contribution is -0.0914. The second kappa shape index (κ2) is 5.21. The van der Waals surface area contributed by atoms with E-state index in [-0.39, 0.29) is 6.29 Å². The van der Waals surface area contributed by atoms with Crippen molar-refractivity contribution in [2.45, 2.75) is 6.29 Å². The van der Waals surface area contributed by atoms with Gasteiger partial charge in [-0.05, 0) is 0 Å². The molecule has 0 fully saturated rings. The first-order valence-electron chi connectivity index (χ1n) is 4.91. The maximum Gasteiger partial charge on any atom is 0.224 e. The third-order valence-corrected chi connectivity index (χ3v) is 2.91. The number of hydrogen-bond donors (Lipinski definition) is 2. The van der Waals surface area contributed by atoms with Crippen molar-refractivity contribution in [3.63, 3.8) is 0 Å². The van der Waals surface area contributed by atoms with Crippen molar-refractivity contribution < 1.29 is 9.47 Å². The zero-order chi connectivity index (χ0) is 12.3. The minimum atomic E-state index is -0.333. The van der Waals surface area contributed by atoms with Gasteiger partial charge in [0.1, 0.15) is 5.52 Å². The van der Waals surface area contributed by atoms with Gasteiger partial charge in [-0.2, -0.15) is 0 Å². The molecule has 0 spiro atoms. The van der Waals surface area contributed by atoms with E-state index in [0.717, 1.165) is 4.83 Å². The number of hydrogen-bond acceptors (Lipinski definition) is 8. The smallest absolute Gasteiger partial charge is 0.224 e. The van der Waals surface area contributed by atoms with Crippen molar-refractivity contribution in [3.05, 3.63) is 6.20 Å². The van der Waals surface area contributed by atoms with Gasteiger partial charge in [0.25, 0.3) is 0 Å². The van der Waals surface area contributed by atoms with E-state index in [0.29, 0.717) is 23.1 Å². The molecule has 0 atom stereocenters. The number of nitrogens with two attached hydrogens (primary N) is 1. The van der Waals surface area contributed by atoms with Crippen LogP contribution in [-0.2, 0) is 9.47 Å². The Balaban J connectivity index is 2.08. The zero-order valence-corrected chi connectivity index (χ0v) is 10.3. The average molecular weight is 255 g/mol. The van der Waals surface area contributed by atoms with Crippen LogP contribution in [0.5, 0.6) is 0 Å². The molecule has 7 nitrogen and oxygen atoms in total. The molecular weight excluding hydrogens is 242 g/mol. The summed E-state index contributed by atoms with van der Waals surface area (Å²) >= 11 is 1.33. The molecule has 0 saturated carbocycles. The highest BCUT2D eigenvalue weighted by atomic mass is 32.1. The van der Waals surface area contributed by atoms with E-state index < -0.39 is 0 Å². The van der Waals surface area contributed by atoms with Crippen molar-refractivity contribution in [2.24, 2.45) is 0 Å². The molecule has 3 N–H and O–H groups in total. The van der Waals surface area contributed by atoms with E-state index in [1.54, 1.807) is 20.4 Å². The lowest BCUT2D eigenvalue weighted by atomic mass is 10.5. The lowest BCUT2D eigenvalue weighted by Gasteiger charge is -2.13. The molecule has 17 heavy (non-hydrogen) atoms. The maximum atomic E-state index is 5.59. The van der Waals surface area contributed by atoms with E-state index in [4.69, 9.17) is 15.2 Å². The summed E-state index contributed by atoms with van der Waals surface area (Å²) in [5.41, 5.74) is 6.29. The van der Waals surface area contributed by atoms with Crippen LogP contribution in [0.15, 0.2) is 6.20 Å². The Morgan fingerprint density at radius 2 is 2.18 bits per heavy atom. The molecule has 0 amide bonds. The molecule has 0 aliphatic rings. The number of nitrogens with one attached hydrogen (secondary N) is 1. The summed E-state index contributed by atoms with van der Waals surface area (Å²) < 4.78 is 10.1. The second-order valence-corrected chi connectivity index (χ2v) is 4.23. The van der Waals surface area contributed by atoms with Gasteiger partial charge in [0, 0.05) is 14.2 Å². The predicted octanol–water partition coefficient (Wildman–Crippen LogP) is 0.699. The fraction of sp³-hybridized carbons (Fsp3) is 0.444. The molecule has 0 saturated heterocycles. The molecule has 0 aromatic carbocycles. The molecule has 0 unspecified atom stereocenters. The van der Waals surface area contributed by atoms with Gasteiger partial charge >= 0.3 is 0 Å². The number of aromatic nitrogens is 3. The first-order chi connectivity index (χ1) is 8.22. The standard InChI is InChI=1S/C9H13N5O2S/c1-15-6(16-2)4-12-9-11-3-5-7(14-9)17-8(10)13-5/h3,6H,4H2,1-2H3,(H2,10,13)(H,11,12,14). The largest absolute Gasteiger partial charge is 0.375 e. The third kappa shape index (κ3) is 2.78. The van der Waals surface area contributed by atoms with Crippen LogP contribution >= 0.6 is 11.3 Å². The molecule has 92 valence electrons. The van der Waals surface area contributed by atoms with Gasteiger partial charge in [-0.15, -0.1) is 0 Å². The molecule has 2 heterocycles. The summed E-state index contributed by atoms with van der Waals surface area (Å²) in [6.45, 7) is 0.465. The fourth-order valence-corrected chi connectivity index (χ4v) is 1.95. The van der Waals surface area contributed by atoms with E-state index >= 15 is 0 Å². The number of fused-ring (bicyclic) bond motifs is 1. The van der Waals surface area contributed by atoms with Crippen LogP contribution in [0.25, 0.3) is 10.3 Å². The monoisotopic (exact) mass is 255 g/mol. The third-order valence-electron chi connectivity index (χ3n) is 2.12. The number of nitrogens with zero attached hydrogens (tertiary/aromatic N) is 3. The molecule has 2 aromatic heterocycles. The Hall–Kier alpha value is -1.51. The highest BCUT2D eigenvalue weighted by Gasteiger charge is 2.08. The molecule has 0 aliphatic carbocycles. The van der Waals surface area contributed by atoms with Gasteiger partial charge in [-0.3, -0.25) is 0 Å². The van der Waals surface area contributed by atoms with E-state index in [2.05, 4.69) is 20.3 Å². The average Bonchev–Trinajstić information content (AvgIpc) is 2.69. The first kappa shape index (κ1) is 12.0. The first-order valence-corrected chi connectivity index (χ1v) is 5.73. The Kier molecular flexibility index (Phi) is 3.67. The van der Waals surface area contributed by atoms with Crippen molar-refractivity contribution in [2.75, 3.05) is 31.8 Å². The summed E-state index contributed by atoms with van der Waals surface area (Å²) in [4.78, 5) is 13.2. The van der Waals surface area contributed by atoms with Gasteiger partial charge in [0.2, 0.25) is 5.95 Å². The lowest BCUT2D eigenvalue weighted by Crippen LogP contribution is -2.24. The number of rotatable bonds is 5.